The average Bonchev–Trinajstić information content (AvgIpc) is 3.43. The lowest BCUT2D eigenvalue weighted by molar-refractivity contribution is -0.167. The van der Waals surface area contributed by atoms with Crippen LogP contribution in [-0.4, -0.2) is 37.2 Å². The number of hydrogen-bond donors (Lipinski definition) is 0. The summed E-state index contributed by atoms with van der Waals surface area (Å²) in [5.41, 5.74) is 0. The molecule has 0 spiro atoms. The van der Waals surface area contributed by atoms with Crippen LogP contribution in [0.15, 0.2) is 36.5 Å². The van der Waals surface area contributed by atoms with E-state index in [0.29, 0.717) is 19.3 Å². The normalized spacial score (nSPS) is 12.2. The number of carbonyl (C=O) groups is 3. The molecule has 0 radical (unpaired) electrons. The van der Waals surface area contributed by atoms with Gasteiger partial charge in [-0.05, 0) is 70.6 Å². The van der Waals surface area contributed by atoms with E-state index in [1.165, 1.54) is 270 Å². The van der Waals surface area contributed by atoms with Crippen LogP contribution in [0.2, 0.25) is 0 Å². The molecular weight excluding hydrogens is 949 g/mol. The molecule has 0 aliphatic carbocycles. The maximum atomic E-state index is 12.9. The van der Waals surface area contributed by atoms with Crippen molar-refractivity contribution in [1.29, 1.82) is 0 Å². The van der Waals surface area contributed by atoms with Crippen LogP contribution in [0.5, 0.6) is 0 Å². The van der Waals surface area contributed by atoms with Crippen molar-refractivity contribution < 1.29 is 28.6 Å². The second kappa shape index (κ2) is 66.1. The van der Waals surface area contributed by atoms with Crippen LogP contribution in [0.4, 0.5) is 0 Å². The Balaban J connectivity index is 3.98. The topological polar surface area (TPSA) is 78.9 Å². The van der Waals surface area contributed by atoms with Crippen molar-refractivity contribution in [3.8, 4) is 0 Å². The van der Waals surface area contributed by atoms with E-state index in [4.69, 9.17) is 14.2 Å². The molecule has 0 rings (SSSR count). The van der Waals surface area contributed by atoms with Crippen molar-refractivity contribution in [1.82, 2.24) is 0 Å². The predicted molar refractivity (Wildman–Crippen MR) is 335 cm³/mol. The Morgan fingerprint density at radius 3 is 0.766 bits per heavy atom. The molecule has 0 N–H and O–H groups in total. The van der Waals surface area contributed by atoms with Gasteiger partial charge in [0.25, 0.3) is 0 Å². The average molecular weight is 1080 g/mol. The molecule has 452 valence electrons. The van der Waals surface area contributed by atoms with Gasteiger partial charge in [-0.2, -0.15) is 0 Å². The Morgan fingerprint density at radius 1 is 0.260 bits per heavy atom. The number of unbranched alkanes of at least 4 members (excludes halogenated alkanes) is 47. The van der Waals surface area contributed by atoms with Crippen molar-refractivity contribution >= 4 is 17.9 Å². The molecule has 0 bridgehead atoms. The van der Waals surface area contributed by atoms with E-state index in [9.17, 15) is 14.4 Å². The molecule has 1 atom stereocenters. The fraction of sp³-hybridized carbons (Fsp3) is 0.873. The van der Waals surface area contributed by atoms with Crippen LogP contribution < -0.4 is 0 Å². The SMILES string of the molecule is CCCC/C=C\CCCCCCCC(=O)OCC(COC(=O)CCCCCCCCCCCCCCCCCCCCCCCCC/C=C\C/C=C\CCCCCCC)OC(=O)CCCCCCCCCCCCCCC. The Kier molecular flexibility index (Phi) is 64.1. The smallest absolute Gasteiger partial charge is 0.306 e. The molecule has 0 aromatic carbocycles. The number of hydrogen-bond acceptors (Lipinski definition) is 6. The lowest BCUT2D eigenvalue weighted by Gasteiger charge is -2.18. The summed E-state index contributed by atoms with van der Waals surface area (Å²) in [6, 6.07) is 0. The second-order valence-corrected chi connectivity index (χ2v) is 23.4. The van der Waals surface area contributed by atoms with Gasteiger partial charge in [-0.3, -0.25) is 14.4 Å². The Hall–Kier alpha value is -2.37. The van der Waals surface area contributed by atoms with Gasteiger partial charge in [-0.1, -0.05) is 327 Å². The Bertz CT molecular complexity index is 1290. The molecule has 0 fully saturated rings. The first-order chi connectivity index (χ1) is 38.0. The second-order valence-electron chi connectivity index (χ2n) is 23.4. The fourth-order valence-electron chi connectivity index (χ4n) is 10.4. The number of carbonyl (C=O) groups excluding carboxylic acids is 3. The summed E-state index contributed by atoms with van der Waals surface area (Å²) in [4.78, 5) is 38.2. The van der Waals surface area contributed by atoms with Gasteiger partial charge in [0.2, 0.25) is 0 Å². The summed E-state index contributed by atoms with van der Waals surface area (Å²) in [5, 5.41) is 0. The standard InChI is InChI=1S/C71H132O6/c1-4-7-10-13-16-19-22-24-25-26-27-28-29-30-31-32-33-34-35-36-37-38-39-40-41-42-43-44-45-47-49-52-55-58-61-64-70(73)76-67-68(66-75-69(72)63-60-57-54-51-48-21-18-15-12-9-6-3)77-71(74)65-62-59-56-53-50-46-23-20-17-14-11-8-5-2/h15,18,22,24,26-27,68H,4-14,16-17,19-21,23,25,28-67H2,1-3H3/b18-15-,24-22-,27-26-. The minimum atomic E-state index is -0.770. The first-order valence-electron chi connectivity index (χ1n) is 34.5. The van der Waals surface area contributed by atoms with Crippen molar-refractivity contribution in [2.45, 2.75) is 386 Å². The van der Waals surface area contributed by atoms with Crippen LogP contribution in [-0.2, 0) is 28.6 Å². The van der Waals surface area contributed by atoms with Crippen LogP contribution in [0.1, 0.15) is 380 Å². The van der Waals surface area contributed by atoms with Gasteiger partial charge in [0.05, 0.1) is 0 Å². The monoisotopic (exact) mass is 1080 g/mol. The van der Waals surface area contributed by atoms with E-state index in [1.54, 1.807) is 0 Å². The van der Waals surface area contributed by atoms with E-state index >= 15 is 0 Å². The molecule has 0 aromatic heterocycles. The summed E-state index contributed by atoms with van der Waals surface area (Å²) < 4.78 is 16.9. The number of allylic oxidation sites excluding steroid dienone is 6. The lowest BCUT2D eigenvalue weighted by Crippen LogP contribution is -2.30. The molecule has 0 saturated carbocycles. The van der Waals surface area contributed by atoms with Crippen molar-refractivity contribution in [2.75, 3.05) is 13.2 Å². The number of rotatable bonds is 64. The van der Waals surface area contributed by atoms with Gasteiger partial charge in [0.1, 0.15) is 13.2 Å². The highest BCUT2D eigenvalue weighted by molar-refractivity contribution is 5.71. The van der Waals surface area contributed by atoms with Crippen LogP contribution in [0, 0.1) is 0 Å². The highest BCUT2D eigenvalue weighted by Crippen LogP contribution is 2.18. The maximum absolute atomic E-state index is 12.9. The first-order valence-corrected chi connectivity index (χ1v) is 34.5. The predicted octanol–water partition coefficient (Wildman–Crippen LogP) is 23.6. The fourth-order valence-corrected chi connectivity index (χ4v) is 10.4. The zero-order valence-electron chi connectivity index (χ0n) is 52.0. The third-order valence-corrected chi connectivity index (χ3v) is 15.6. The molecule has 6 heteroatoms. The molecule has 0 aliphatic heterocycles. The minimum Gasteiger partial charge on any atom is -0.462 e. The summed E-state index contributed by atoms with van der Waals surface area (Å²) >= 11 is 0. The third-order valence-electron chi connectivity index (χ3n) is 15.6. The molecule has 6 nitrogen and oxygen atoms in total. The quantitative estimate of drug-likeness (QED) is 0.0261. The van der Waals surface area contributed by atoms with Gasteiger partial charge in [-0.15, -0.1) is 0 Å². The van der Waals surface area contributed by atoms with E-state index in [0.717, 1.165) is 70.6 Å². The molecule has 0 aromatic rings. The minimum absolute atomic E-state index is 0.0685. The van der Waals surface area contributed by atoms with E-state index < -0.39 is 6.10 Å². The molecular formula is C71H132O6. The van der Waals surface area contributed by atoms with Gasteiger partial charge < -0.3 is 14.2 Å². The van der Waals surface area contributed by atoms with Gasteiger partial charge in [-0.25, -0.2) is 0 Å². The van der Waals surface area contributed by atoms with Crippen molar-refractivity contribution in [3.63, 3.8) is 0 Å². The van der Waals surface area contributed by atoms with Crippen molar-refractivity contribution in [3.05, 3.63) is 36.5 Å². The zero-order chi connectivity index (χ0) is 55.7. The number of esters is 3. The summed E-state index contributed by atoms with van der Waals surface area (Å²) in [5.74, 6) is -0.855. The highest BCUT2D eigenvalue weighted by Gasteiger charge is 2.19. The summed E-state index contributed by atoms with van der Waals surface area (Å²) in [7, 11) is 0. The van der Waals surface area contributed by atoms with Gasteiger partial charge in [0, 0.05) is 19.3 Å². The molecule has 0 amide bonds. The van der Waals surface area contributed by atoms with Crippen LogP contribution in [0.25, 0.3) is 0 Å². The third kappa shape index (κ3) is 64.3. The molecule has 77 heavy (non-hydrogen) atoms. The summed E-state index contributed by atoms with van der Waals surface area (Å²) in [6.07, 6.45) is 82.0. The van der Waals surface area contributed by atoms with Gasteiger partial charge in [0.15, 0.2) is 6.10 Å². The van der Waals surface area contributed by atoms with Crippen molar-refractivity contribution in [2.24, 2.45) is 0 Å². The highest BCUT2D eigenvalue weighted by atomic mass is 16.6. The summed E-state index contributed by atoms with van der Waals surface area (Å²) in [6.45, 7) is 6.64. The first kappa shape index (κ1) is 74.6. The van der Waals surface area contributed by atoms with Crippen LogP contribution >= 0.6 is 0 Å². The lowest BCUT2D eigenvalue weighted by atomic mass is 10.0. The largest absolute Gasteiger partial charge is 0.462 e. The van der Waals surface area contributed by atoms with Gasteiger partial charge >= 0.3 is 17.9 Å². The van der Waals surface area contributed by atoms with E-state index in [1.807, 2.05) is 0 Å². The Morgan fingerprint density at radius 2 is 0.481 bits per heavy atom. The molecule has 0 saturated heterocycles. The molecule has 1 unspecified atom stereocenters. The van der Waals surface area contributed by atoms with E-state index in [2.05, 4.69) is 57.2 Å². The Labute approximate surface area is 480 Å². The van der Waals surface area contributed by atoms with E-state index in [-0.39, 0.29) is 31.1 Å². The molecule has 0 aliphatic rings. The maximum Gasteiger partial charge on any atom is 0.306 e. The number of ether oxygens (including phenoxy) is 3. The zero-order valence-corrected chi connectivity index (χ0v) is 52.0. The van der Waals surface area contributed by atoms with Crippen LogP contribution in [0.3, 0.4) is 0 Å². The molecule has 0 heterocycles.